The molecule has 0 heterocycles. The molecule has 0 aliphatic heterocycles. The zero-order chi connectivity index (χ0) is 12.5. The minimum absolute atomic E-state index is 0.0456. The van der Waals surface area contributed by atoms with E-state index in [4.69, 9.17) is 0 Å². The molecule has 0 nitrogen and oxygen atoms in total. The first kappa shape index (κ1) is 11.6. The highest BCUT2D eigenvalue weighted by molar-refractivity contribution is 5.67. The molecule has 4 heteroatoms. The molecule has 0 atom stereocenters. The zero-order valence-electron chi connectivity index (χ0n) is 8.55. The van der Waals surface area contributed by atoms with E-state index < -0.39 is 17.6 Å². The van der Waals surface area contributed by atoms with E-state index in [0.717, 1.165) is 12.1 Å². The number of alkyl halides is 3. The SMILES string of the molecule is Fc1cccc(-c2cc[c]cc2C(F)(F)F)c1. The van der Waals surface area contributed by atoms with Crippen molar-refractivity contribution in [1.82, 2.24) is 0 Å². The van der Waals surface area contributed by atoms with Crippen LogP contribution in [0.4, 0.5) is 17.6 Å². The number of rotatable bonds is 1. The molecule has 0 saturated heterocycles. The van der Waals surface area contributed by atoms with Crippen LogP contribution in [-0.4, -0.2) is 0 Å². The normalized spacial score (nSPS) is 11.5. The Balaban J connectivity index is 2.60. The Labute approximate surface area is 95.5 Å². The van der Waals surface area contributed by atoms with Crippen LogP contribution >= 0.6 is 0 Å². The third-order valence-corrected chi connectivity index (χ3v) is 2.31. The lowest BCUT2D eigenvalue weighted by molar-refractivity contribution is -0.137. The number of halogens is 4. The van der Waals surface area contributed by atoms with E-state index in [1.807, 2.05) is 0 Å². The van der Waals surface area contributed by atoms with Gasteiger partial charge in [-0.25, -0.2) is 4.39 Å². The number of benzene rings is 2. The quantitative estimate of drug-likeness (QED) is 0.650. The second-order valence-electron chi connectivity index (χ2n) is 3.48. The van der Waals surface area contributed by atoms with Crippen molar-refractivity contribution in [3.8, 4) is 11.1 Å². The summed E-state index contributed by atoms with van der Waals surface area (Å²) in [5, 5.41) is 0. The molecule has 87 valence electrons. The van der Waals surface area contributed by atoms with Gasteiger partial charge < -0.3 is 0 Å². The summed E-state index contributed by atoms with van der Waals surface area (Å²) in [6.07, 6.45) is -4.47. The smallest absolute Gasteiger partial charge is 0.207 e. The van der Waals surface area contributed by atoms with E-state index in [0.29, 0.717) is 0 Å². The van der Waals surface area contributed by atoms with Crippen molar-refractivity contribution in [3.63, 3.8) is 0 Å². The summed E-state index contributed by atoms with van der Waals surface area (Å²) in [6.45, 7) is 0. The van der Waals surface area contributed by atoms with E-state index >= 15 is 0 Å². The van der Waals surface area contributed by atoms with Gasteiger partial charge in [-0.1, -0.05) is 24.3 Å². The average Bonchev–Trinajstić information content (AvgIpc) is 2.28. The maximum absolute atomic E-state index is 13.0. The fraction of sp³-hybridized carbons (Fsp3) is 0.0769. The van der Waals surface area contributed by atoms with E-state index in [1.54, 1.807) is 0 Å². The number of hydrogen-bond donors (Lipinski definition) is 0. The van der Waals surface area contributed by atoms with Gasteiger partial charge in [0, 0.05) is 0 Å². The Bertz CT molecular complexity index is 529. The van der Waals surface area contributed by atoms with Crippen LogP contribution in [0, 0.1) is 11.9 Å². The predicted molar refractivity (Wildman–Crippen MR) is 55.7 cm³/mol. The van der Waals surface area contributed by atoms with Gasteiger partial charge in [0.15, 0.2) is 0 Å². The minimum Gasteiger partial charge on any atom is -0.207 e. The average molecular weight is 239 g/mol. The van der Waals surface area contributed by atoms with Gasteiger partial charge in [-0.05, 0) is 35.4 Å². The van der Waals surface area contributed by atoms with Crippen LogP contribution in [0.15, 0.2) is 42.5 Å². The Morgan fingerprint density at radius 1 is 1.06 bits per heavy atom. The van der Waals surface area contributed by atoms with E-state index in [-0.39, 0.29) is 11.1 Å². The molecule has 2 rings (SSSR count). The molecule has 2 aromatic rings. The lowest BCUT2D eigenvalue weighted by Crippen LogP contribution is -2.06. The highest BCUT2D eigenvalue weighted by atomic mass is 19.4. The molecule has 0 fully saturated rings. The topological polar surface area (TPSA) is 0 Å². The third kappa shape index (κ3) is 2.46. The molecule has 0 aromatic heterocycles. The lowest BCUT2D eigenvalue weighted by atomic mass is 9.99. The molecule has 0 aliphatic rings. The standard InChI is InChI=1S/C13H7F4/c14-10-5-3-4-9(8-10)11-6-1-2-7-12(11)13(15,16)17/h1,3-8H. The fourth-order valence-corrected chi connectivity index (χ4v) is 1.57. The third-order valence-electron chi connectivity index (χ3n) is 2.31. The van der Waals surface area contributed by atoms with E-state index in [2.05, 4.69) is 6.07 Å². The largest absolute Gasteiger partial charge is 0.417 e. The lowest BCUT2D eigenvalue weighted by Gasteiger charge is -2.12. The van der Waals surface area contributed by atoms with Gasteiger partial charge in [-0.2, -0.15) is 13.2 Å². The summed E-state index contributed by atoms with van der Waals surface area (Å²) in [4.78, 5) is 0. The van der Waals surface area contributed by atoms with Crippen LogP contribution < -0.4 is 0 Å². The molecular weight excluding hydrogens is 232 g/mol. The van der Waals surface area contributed by atoms with Gasteiger partial charge in [0.2, 0.25) is 0 Å². The molecule has 17 heavy (non-hydrogen) atoms. The summed E-state index contributed by atoms with van der Waals surface area (Å²) in [5.41, 5.74) is -0.660. The Hall–Kier alpha value is -1.84. The van der Waals surface area contributed by atoms with Crippen molar-refractivity contribution in [1.29, 1.82) is 0 Å². The number of hydrogen-bond acceptors (Lipinski definition) is 0. The van der Waals surface area contributed by atoms with Crippen molar-refractivity contribution in [2.45, 2.75) is 6.18 Å². The summed E-state index contributed by atoms with van der Waals surface area (Å²) in [5.74, 6) is -0.566. The van der Waals surface area contributed by atoms with Gasteiger partial charge in [0.1, 0.15) is 5.82 Å². The highest BCUT2D eigenvalue weighted by Crippen LogP contribution is 2.36. The summed E-state index contributed by atoms with van der Waals surface area (Å²) in [7, 11) is 0. The summed E-state index contributed by atoms with van der Waals surface area (Å²) < 4.78 is 51.2. The van der Waals surface area contributed by atoms with Gasteiger partial charge >= 0.3 is 6.18 Å². The Morgan fingerprint density at radius 3 is 2.47 bits per heavy atom. The van der Waals surface area contributed by atoms with Crippen molar-refractivity contribution in [2.24, 2.45) is 0 Å². The van der Waals surface area contributed by atoms with E-state index in [1.165, 1.54) is 30.3 Å². The molecule has 0 unspecified atom stereocenters. The van der Waals surface area contributed by atoms with Crippen LogP contribution in [-0.2, 0) is 6.18 Å². The molecule has 0 saturated carbocycles. The van der Waals surface area contributed by atoms with Crippen LogP contribution in [0.1, 0.15) is 5.56 Å². The first-order valence-electron chi connectivity index (χ1n) is 4.82. The molecule has 0 aliphatic carbocycles. The van der Waals surface area contributed by atoms with Crippen molar-refractivity contribution >= 4 is 0 Å². The van der Waals surface area contributed by atoms with Crippen molar-refractivity contribution in [2.75, 3.05) is 0 Å². The van der Waals surface area contributed by atoms with Crippen molar-refractivity contribution in [3.05, 3.63) is 59.9 Å². The van der Waals surface area contributed by atoms with Crippen LogP contribution in [0.25, 0.3) is 11.1 Å². The van der Waals surface area contributed by atoms with Crippen LogP contribution in [0.5, 0.6) is 0 Å². The minimum atomic E-state index is -4.47. The van der Waals surface area contributed by atoms with Crippen LogP contribution in [0.2, 0.25) is 0 Å². The fourth-order valence-electron chi connectivity index (χ4n) is 1.57. The van der Waals surface area contributed by atoms with Crippen LogP contribution in [0.3, 0.4) is 0 Å². The molecule has 0 bridgehead atoms. The Kier molecular flexibility index (Phi) is 2.88. The maximum Gasteiger partial charge on any atom is 0.417 e. The summed E-state index contributed by atoms with van der Waals surface area (Å²) >= 11 is 0. The maximum atomic E-state index is 13.0. The zero-order valence-corrected chi connectivity index (χ0v) is 8.55. The van der Waals surface area contributed by atoms with Gasteiger partial charge in [0.05, 0.1) is 5.56 Å². The molecule has 0 spiro atoms. The second-order valence-corrected chi connectivity index (χ2v) is 3.48. The first-order valence-corrected chi connectivity index (χ1v) is 4.82. The van der Waals surface area contributed by atoms with Gasteiger partial charge in [-0.3, -0.25) is 0 Å². The predicted octanol–water partition coefficient (Wildman–Crippen LogP) is 4.31. The Morgan fingerprint density at radius 2 is 1.82 bits per heavy atom. The summed E-state index contributed by atoms with van der Waals surface area (Å²) in [6, 6.07) is 11.0. The first-order chi connectivity index (χ1) is 7.98. The molecule has 1 radical (unpaired) electrons. The van der Waals surface area contributed by atoms with E-state index in [9.17, 15) is 17.6 Å². The van der Waals surface area contributed by atoms with Gasteiger partial charge in [0.25, 0.3) is 0 Å². The van der Waals surface area contributed by atoms with Crippen molar-refractivity contribution < 1.29 is 17.6 Å². The molecule has 2 aromatic carbocycles. The molecule has 0 amide bonds. The molecular formula is C13H7F4. The molecule has 0 N–H and O–H groups in total. The van der Waals surface area contributed by atoms with Gasteiger partial charge in [-0.15, -0.1) is 0 Å². The monoisotopic (exact) mass is 239 g/mol. The highest BCUT2D eigenvalue weighted by Gasteiger charge is 2.33. The second kappa shape index (κ2) is 4.20.